The Morgan fingerprint density at radius 3 is 1.96 bits per heavy atom. The van der Waals surface area contributed by atoms with Crippen molar-refractivity contribution >= 4 is 21.5 Å². The Kier molecular flexibility index (Phi) is 6.16. The second-order valence-electron chi connectivity index (χ2n) is 12.9. The molecule has 2 aromatic heterocycles. The van der Waals surface area contributed by atoms with Crippen molar-refractivity contribution in [2.45, 2.75) is 19.3 Å². The Balaban J connectivity index is 1.23. The second kappa shape index (κ2) is 10.6. The monoisotopic (exact) mass is 601 g/mol. The third-order valence-corrected chi connectivity index (χ3v) is 9.77. The third-order valence-electron chi connectivity index (χ3n) is 9.77. The van der Waals surface area contributed by atoms with Crippen molar-refractivity contribution in [3.05, 3.63) is 163 Å². The highest BCUT2D eigenvalue weighted by Crippen LogP contribution is 2.50. The van der Waals surface area contributed by atoms with Crippen LogP contribution in [0.15, 0.2) is 152 Å². The summed E-state index contributed by atoms with van der Waals surface area (Å²) in [6.45, 7) is 4.68. The van der Waals surface area contributed by atoms with E-state index in [1.54, 1.807) is 0 Å². The number of rotatable bonds is 4. The largest absolute Gasteiger partial charge is 0.265 e. The lowest BCUT2D eigenvalue weighted by Gasteiger charge is -2.22. The third kappa shape index (κ3) is 4.54. The predicted octanol–water partition coefficient (Wildman–Crippen LogP) is 11.2. The SMILES string of the molecule is CC1(C)c2ccccc2-c2cc3ccc4ccc(-c5nc(-c6ccccc6)cc(-c6cccc(-c7ccncc7)c6)n5)cc4c3cc21. The van der Waals surface area contributed by atoms with Crippen LogP contribution in [0.2, 0.25) is 0 Å². The molecule has 0 saturated heterocycles. The summed E-state index contributed by atoms with van der Waals surface area (Å²) >= 11 is 0. The van der Waals surface area contributed by atoms with Crippen molar-refractivity contribution in [1.82, 2.24) is 15.0 Å². The van der Waals surface area contributed by atoms with Gasteiger partial charge in [0.25, 0.3) is 0 Å². The molecule has 0 spiro atoms. The maximum atomic E-state index is 5.21. The molecule has 0 atom stereocenters. The molecule has 0 bridgehead atoms. The number of hydrogen-bond donors (Lipinski definition) is 0. The summed E-state index contributed by atoms with van der Waals surface area (Å²) in [7, 11) is 0. The molecule has 2 heterocycles. The van der Waals surface area contributed by atoms with E-state index in [9.17, 15) is 0 Å². The minimum absolute atomic E-state index is 0.0628. The molecular weight excluding hydrogens is 571 g/mol. The van der Waals surface area contributed by atoms with E-state index in [2.05, 4.69) is 140 Å². The summed E-state index contributed by atoms with van der Waals surface area (Å²) in [4.78, 5) is 14.6. The summed E-state index contributed by atoms with van der Waals surface area (Å²) in [5.41, 5.74) is 12.5. The van der Waals surface area contributed by atoms with E-state index in [1.807, 2.05) is 30.6 Å². The molecule has 0 saturated carbocycles. The molecule has 0 unspecified atom stereocenters. The van der Waals surface area contributed by atoms with Gasteiger partial charge < -0.3 is 0 Å². The molecule has 6 aromatic carbocycles. The lowest BCUT2D eigenvalue weighted by Crippen LogP contribution is -2.14. The summed E-state index contributed by atoms with van der Waals surface area (Å²) in [6.07, 6.45) is 3.66. The number of aromatic nitrogens is 3. The molecule has 0 radical (unpaired) electrons. The molecule has 1 aliphatic rings. The minimum atomic E-state index is -0.0628. The first-order valence-electron chi connectivity index (χ1n) is 16.1. The van der Waals surface area contributed by atoms with E-state index < -0.39 is 0 Å². The number of benzene rings is 6. The number of pyridine rings is 1. The standard InChI is InChI=1S/C44H31N3/c1-44(2)39-14-7-6-13-35(39)38-24-32-17-15-29-16-18-34(25-36(29)37(32)26-40(38)44)43-46-41(30-9-4-3-5-10-30)27-42(47-43)33-12-8-11-31(23-33)28-19-21-45-22-20-28/h3-27H,1-2H3. The normalized spacial score (nSPS) is 13.1. The number of hydrogen-bond acceptors (Lipinski definition) is 3. The molecule has 8 aromatic rings. The van der Waals surface area contributed by atoms with Gasteiger partial charge in [0, 0.05) is 34.5 Å². The fourth-order valence-electron chi connectivity index (χ4n) is 7.27. The van der Waals surface area contributed by atoms with Crippen LogP contribution in [0.25, 0.3) is 77.7 Å². The Labute approximate surface area is 274 Å². The van der Waals surface area contributed by atoms with E-state index in [0.29, 0.717) is 5.82 Å². The maximum absolute atomic E-state index is 5.21. The van der Waals surface area contributed by atoms with Crippen molar-refractivity contribution < 1.29 is 0 Å². The van der Waals surface area contributed by atoms with Gasteiger partial charge >= 0.3 is 0 Å². The van der Waals surface area contributed by atoms with Gasteiger partial charge in [0.2, 0.25) is 0 Å². The first-order valence-corrected chi connectivity index (χ1v) is 16.1. The van der Waals surface area contributed by atoms with Crippen molar-refractivity contribution in [1.29, 1.82) is 0 Å². The molecule has 9 rings (SSSR count). The van der Waals surface area contributed by atoms with Crippen LogP contribution in [0.1, 0.15) is 25.0 Å². The van der Waals surface area contributed by atoms with Crippen LogP contribution in [0.3, 0.4) is 0 Å². The molecular formula is C44H31N3. The summed E-state index contributed by atoms with van der Waals surface area (Å²) in [5.74, 6) is 0.712. The van der Waals surface area contributed by atoms with Gasteiger partial charge in [-0.1, -0.05) is 111 Å². The zero-order chi connectivity index (χ0) is 31.5. The minimum Gasteiger partial charge on any atom is -0.265 e. The van der Waals surface area contributed by atoms with E-state index in [-0.39, 0.29) is 5.41 Å². The van der Waals surface area contributed by atoms with Gasteiger partial charge in [0.05, 0.1) is 11.4 Å². The fourth-order valence-corrected chi connectivity index (χ4v) is 7.27. The van der Waals surface area contributed by atoms with Crippen LogP contribution in [-0.2, 0) is 5.41 Å². The quantitative estimate of drug-likeness (QED) is 0.188. The van der Waals surface area contributed by atoms with Gasteiger partial charge in [-0.15, -0.1) is 0 Å². The summed E-state index contributed by atoms with van der Waals surface area (Å²) < 4.78 is 0. The topological polar surface area (TPSA) is 38.7 Å². The average molecular weight is 602 g/mol. The molecule has 0 fully saturated rings. The average Bonchev–Trinajstić information content (AvgIpc) is 3.36. The first kappa shape index (κ1) is 27.4. The van der Waals surface area contributed by atoms with Crippen LogP contribution >= 0.6 is 0 Å². The summed E-state index contributed by atoms with van der Waals surface area (Å²) in [6, 6.07) is 49.9. The Hall–Kier alpha value is -5.93. The highest BCUT2D eigenvalue weighted by molar-refractivity contribution is 6.10. The second-order valence-corrected chi connectivity index (χ2v) is 12.9. The zero-order valence-corrected chi connectivity index (χ0v) is 26.3. The lowest BCUT2D eigenvalue weighted by atomic mass is 9.81. The molecule has 3 heteroatoms. The van der Waals surface area contributed by atoms with Crippen molar-refractivity contribution in [3.63, 3.8) is 0 Å². The predicted molar refractivity (Wildman–Crippen MR) is 194 cm³/mol. The lowest BCUT2D eigenvalue weighted by molar-refractivity contribution is 0.661. The van der Waals surface area contributed by atoms with Gasteiger partial charge in [0.1, 0.15) is 0 Å². The molecule has 0 N–H and O–H groups in total. The fraction of sp³-hybridized carbons (Fsp3) is 0.0682. The summed E-state index contributed by atoms with van der Waals surface area (Å²) in [5, 5.41) is 4.92. The Bertz CT molecular complexity index is 2480. The Morgan fingerprint density at radius 2 is 1.11 bits per heavy atom. The molecule has 222 valence electrons. The van der Waals surface area contributed by atoms with Crippen molar-refractivity contribution in [3.8, 4) is 56.2 Å². The van der Waals surface area contributed by atoms with E-state index in [4.69, 9.17) is 9.97 Å². The van der Waals surface area contributed by atoms with Crippen LogP contribution in [0.5, 0.6) is 0 Å². The molecule has 0 amide bonds. The Morgan fingerprint density at radius 1 is 0.426 bits per heavy atom. The van der Waals surface area contributed by atoms with Gasteiger partial charge in [0.15, 0.2) is 5.82 Å². The van der Waals surface area contributed by atoms with Crippen molar-refractivity contribution in [2.24, 2.45) is 0 Å². The van der Waals surface area contributed by atoms with Crippen LogP contribution in [0, 0.1) is 0 Å². The van der Waals surface area contributed by atoms with Gasteiger partial charge in [-0.05, 0) is 97.4 Å². The molecule has 47 heavy (non-hydrogen) atoms. The van der Waals surface area contributed by atoms with Gasteiger partial charge in [-0.2, -0.15) is 0 Å². The van der Waals surface area contributed by atoms with Gasteiger partial charge in [-0.3, -0.25) is 4.98 Å². The highest BCUT2D eigenvalue weighted by atomic mass is 14.9. The number of fused-ring (bicyclic) bond motifs is 6. The van der Waals surface area contributed by atoms with Crippen LogP contribution < -0.4 is 0 Å². The van der Waals surface area contributed by atoms with E-state index in [0.717, 1.165) is 39.2 Å². The first-order chi connectivity index (χ1) is 23.0. The van der Waals surface area contributed by atoms with Crippen LogP contribution in [0.4, 0.5) is 0 Å². The highest BCUT2D eigenvalue weighted by Gasteiger charge is 2.35. The molecule has 0 aliphatic heterocycles. The number of nitrogens with zero attached hydrogens (tertiary/aromatic N) is 3. The van der Waals surface area contributed by atoms with E-state index in [1.165, 1.54) is 43.8 Å². The van der Waals surface area contributed by atoms with Gasteiger partial charge in [-0.25, -0.2) is 9.97 Å². The van der Waals surface area contributed by atoms with Crippen LogP contribution in [-0.4, -0.2) is 15.0 Å². The smallest absolute Gasteiger partial charge is 0.160 e. The van der Waals surface area contributed by atoms with E-state index >= 15 is 0 Å². The maximum Gasteiger partial charge on any atom is 0.160 e. The van der Waals surface area contributed by atoms with Crippen molar-refractivity contribution in [2.75, 3.05) is 0 Å². The molecule has 3 nitrogen and oxygen atoms in total. The molecule has 1 aliphatic carbocycles. The zero-order valence-electron chi connectivity index (χ0n) is 26.3.